The summed E-state index contributed by atoms with van der Waals surface area (Å²) in [6.07, 6.45) is 0.129. The van der Waals surface area contributed by atoms with Crippen LogP contribution in [0.15, 0.2) is 41.1 Å². The van der Waals surface area contributed by atoms with Crippen LogP contribution in [0.1, 0.15) is 11.3 Å². The molecule has 0 spiro atoms. The number of carbonyl (C=O) groups excluding carboxylic acids is 1. The van der Waals surface area contributed by atoms with Crippen molar-refractivity contribution in [1.82, 2.24) is 4.98 Å². The first-order valence-electron chi connectivity index (χ1n) is 7.06. The van der Waals surface area contributed by atoms with Crippen LogP contribution in [-0.2, 0) is 11.2 Å². The first-order valence-corrected chi connectivity index (χ1v) is 8.82. The van der Waals surface area contributed by atoms with Gasteiger partial charge >= 0.3 is 0 Å². The quantitative estimate of drug-likeness (QED) is 0.544. The molecule has 8 heteroatoms. The second-order valence-corrected chi connectivity index (χ2v) is 6.86. The average molecular weight is 359 g/mol. The number of nitrogens with zero attached hydrogens (tertiary/aromatic N) is 2. The van der Waals surface area contributed by atoms with Crippen LogP contribution in [0.4, 0.5) is 11.4 Å². The second-order valence-electron chi connectivity index (χ2n) is 5.05. The molecule has 0 aliphatic rings. The van der Waals surface area contributed by atoms with Gasteiger partial charge < -0.3 is 5.32 Å². The van der Waals surface area contributed by atoms with Crippen LogP contribution in [-0.4, -0.2) is 15.8 Å². The molecular formula is C16H13N3O3S2. The molecule has 0 saturated heterocycles. The lowest BCUT2D eigenvalue weighted by Crippen LogP contribution is -2.15. The Labute approximate surface area is 146 Å². The Kier molecular flexibility index (Phi) is 4.68. The van der Waals surface area contributed by atoms with E-state index < -0.39 is 4.92 Å². The van der Waals surface area contributed by atoms with Crippen LogP contribution in [0.3, 0.4) is 0 Å². The van der Waals surface area contributed by atoms with Crippen molar-refractivity contribution in [3.8, 4) is 9.88 Å². The fourth-order valence-corrected chi connectivity index (χ4v) is 3.85. The Morgan fingerprint density at radius 1 is 1.29 bits per heavy atom. The molecule has 0 atom stereocenters. The highest BCUT2D eigenvalue weighted by molar-refractivity contribution is 7.20. The van der Waals surface area contributed by atoms with Crippen molar-refractivity contribution in [1.29, 1.82) is 0 Å². The lowest BCUT2D eigenvalue weighted by atomic mass is 10.1. The zero-order chi connectivity index (χ0) is 17.1. The molecule has 1 amide bonds. The van der Waals surface area contributed by atoms with Gasteiger partial charge in [0.1, 0.15) is 5.01 Å². The second kappa shape index (κ2) is 6.90. The summed E-state index contributed by atoms with van der Waals surface area (Å²) in [4.78, 5) is 28.2. The fourth-order valence-electron chi connectivity index (χ4n) is 2.22. The maximum atomic E-state index is 12.2. The lowest BCUT2D eigenvalue weighted by molar-refractivity contribution is -0.385. The van der Waals surface area contributed by atoms with E-state index >= 15 is 0 Å². The van der Waals surface area contributed by atoms with Gasteiger partial charge in [0, 0.05) is 11.4 Å². The largest absolute Gasteiger partial charge is 0.325 e. The molecular weight excluding hydrogens is 346 g/mol. The first-order chi connectivity index (χ1) is 11.5. The Morgan fingerprint density at radius 3 is 2.83 bits per heavy atom. The molecule has 2 aromatic heterocycles. The number of rotatable bonds is 5. The third kappa shape index (κ3) is 3.50. The number of thiophene rings is 1. The minimum absolute atomic E-state index is 0.0126. The molecule has 0 aliphatic carbocycles. The normalized spacial score (nSPS) is 10.5. The molecule has 6 nitrogen and oxygen atoms in total. The van der Waals surface area contributed by atoms with E-state index in [1.807, 2.05) is 22.9 Å². The molecule has 122 valence electrons. The van der Waals surface area contributed by atoms with E-state index in [0.29, 0.717) is 16.9 Å². The van der Waals surface area contributed by atoms with E-state index in [0.717, 1.165) is 9.88 Å². The monoisotopic (exact) mass is 359 g/mol. The van der Waals surface area contributed by atoms with Gasteiger partial charge in [0.25, 0.3) is 5.69 Å². The smallest absolute Gasteiger partial charge is 0.274 e. The SMILES string of the molecule is Cc1c(NC(=O)Cc2csc(-c3cccs3)n2)cccc1[N+](=O)[O-]. The number of nitro benzene ring substituents is 1. The zero-order valence-corrected chi connectivity index (χ0v) is 14.3. The van der Waals surface area contributed by atoms with Gasteiger partial charge in [-0.15, -0.1) is 22.7 Å². The lowest BCUT2D eigenvalue weighted by Gasteiger charge is -2.07. The van der Waals surface area contributed by atoms with Gasteiger partial charge in [-0.05, 0) is 24.4 Å². The highest BCUT2D eigenvalue weighted by Crippen LogP contribution is 2.28. The predicted molar refractivity (Wildman–Crippen MR) is 95.6 cm³/mol. The third-order valence-corrected chi connectivity index (χ3v) is 5.33. The number of nitrogens with one attached hydrogen (secondary N) is 1. The zero-order valence-electron chi connectivity index (χ0n) is 12.7. The number of aromatic nitrogens is 1. The number of thiazole rings is 1. The van der Waals surface area contributed by atoms with Crippen molar-refractivity contribution in [2.45, 2.75) is 13.3 Å². The Morgan fingerprint density at radius 2 is 2.12 bits per heavy atom. The van der Waals surface area contributed by atoms with Gasteiger partial charge in [0.05, 0.1) is 33.2 Å². The molecule has 1 aromatic carbocycles. The van der Waals surface area contributed by atoms with Gasteiger partial charge in [-0.1, -0.05) is 12.1 Å². The van der Waals surface area contributed by atoms with Gasteiger partial charge in [-0.3, -0.25) is 14.9 Å². The molecule has 0 unspecified atom stereocenters. The summed E-state index contributed by atoms with van der Waals surface area (Å²) in [5, 5.41) is 18.4. The van der Waals surface area contributed by atoms with Crippen molar-refractivity contribution in [2.75, 3.05) is 5.32 Å². The summed E-state index contributed by atoms with van der Waals surface area (Å²) in [6, 6.07) is 8.56. The number of amides is 1. The number of hydrogen-bond acceptors (Lipinski definition) is 6. The molecule has 2 heterocycles. The maximum absolute atomic E-state index is 12.2. The standard InChI is InChI=1S/C16H13N3O3S2/c1-10-12(4-2-5-13(10)19(21)22)18-15(20)8-11-9-24-16(17-11)14-6-3-7-23-14/h2-7,9H,8H2,1H3,(H,18,20). The van der Waals surface area contributed by atoms with Crippen LogP contribution < -0.4 is 5.32 Å². The molecule has 3 rings (SSSR count). The van der Waals surface area contributed by atoms with Gasteiger partial charge in [0.2, 0.25) is 5.91 Å². The number of benzene rings is 1. The Bertz CT molecular complexity index is 888. The van der Waals surface area contributed by atoms with Crippen LogP contribution >= 0.6 is 22.7 Å². The van der Waals surface area contributed by atoms with Crippen molar-refractivity contribution in [3.05, 3.63) is 62.5 Å². The molecule has 0 fully saturated rings. The predicted octanol–water partition coefficient (Wildman–Crippen LogP) is 4.27. The summed E-state index contributed by atoms with van der Waals surface area (Å²) < 4.78 is 0. The summed E-state index contributed by atoms with van der Waals surface area (Å²) >= 11 is 3.10. The Hall–Kier alpha value is -2.58. The minimum atomic E-state index is -0.460. The molecule has 1 N–H and O–H groups in total. The maximum Gasteiger partial charge on any atom is 0.274 e. The van der Waals surface area contributed by atoms with E-state index in [-0.39, 0.29) is 18.0 Å². The number of anilines is 1. The fraction of sp³-hybridized carbons (Fsp3) is 0.125. The summed E-state index contributed by atoms with van der Waals surface area (Å²) in [5.41, 5.74) is 1.56. The van der Waals surface area contributed by atoms with Crippen LogP contribution in [0.2, 0.25) is 0 Å². The summed E-state index contributed by atoms with van der Waals surface area (Å²) in [6.45, 7) is 1.62. The van der Waals surface area contributed by atoms with Crippen molar-refractivity contribution < 1.29 is 9.72 Å². The number of hydrogen-bond donors (Lipinski definition) is 1. The highest BCUT2D eigenvalue weighted by Gasteiger charge is 2.16. The van der Waals surface area contributed by atoms with Crippen molar-refractivity contribution in [3.63, 3.8) is 0 Å². The number of nitro groups is 1. The van der Waals surface area contributed by atoms with E-state index in [1.165, 1.54) is 17.4 Å². The third-order valence-electron chi connectivity index (χ3n) is 3.40. The highest BCUT2D eigenvalue weighted by atomic mass is 32.1. The van der Waals surface area contributed by atoms with Crippen LogP contribution in [0.25, 0.3) is 9.88 Å². The van der Waals surface area contributed by atoms with Crippen molar-refractivity contribution in [2.24, 2.45) is 0 Å². The van der Waals surface area contributed by atoms with E-state index in [2.05, 4.69) is 10.3 Å². The first kappa shape index (κ1) is 16.3. The van der Waals surface area contributed by atoms with Gasteiger partial charge in [0.15, 0.2) is 0 Å². The topological polar surface area (TPSA) is 85.1 Å². The van der Waals surface area contributed by atoms with Crippen LogP contribution in [0, 0.1) is 17.0 Å². The van der Waals surface area contributed by atoms with E-state index in [1.54, 1.807) is 30.4 Å². The molecule has 0 aliphatic heterocycles. The summed E-state index contributed by atoms with van der Waals surface area (Å²) in [5.74, 6) is -0.248. The molecule has 0 bridgehead atoms. The molecule has 0 radical (unpaired) electrons. The summed E-state index contributed by atoms with van der Waals surface area (Å²) in [7, 11) is 0. The molecule has 0 saturated carbocycles. The van der Waals surface area contributed by atoms with Gasteiger partial charge in [-0.2, -0.15) is 0 Å². The Balaban J connectivity index is 1.70. The van der Waals surface area contributed by atoms with Crippen molar-refractivity contribution >= 4 is 40.0 Å². The van der Waals surface area contributed by atoms with Gasteiger partial charge in [-0.25, -0.2) is 4.98 Å². The minimum Gasteiger partial charge on any atom is -0.325 e. The average Bonchev–Trinajstić information content (AvgIpc) is 3.20. The molecule has 3 aromatic rings. The molecule has 24 heavy (non-hydrogen) atoms. The van der Waals surface area contributed by atoms with E-state index in [9.17, 15) is 14.9 Å². The number of carbonyl (C=O) groups is 1. The van der Waals surface area contributed by atoms with E-state index in [4.69, 9.17) is 0 Å². The van der Waals surface area contributed by atoms with Crippen LogP contribution in [0.5, 0.6) is 0 Å².